The van der Waals surface area contributed by atoms with E-state index in [1.54, 1.807) is 0 Å². The van der Waals surface area contributed by atoms with Gasteiger partial charge in [0.1, 0.15) is 19.2 Å². The number of likely N-dealkylation sites (N-methyl/N-ethyl adjacent to an activating group) is 1. The zero-order valence-corrected chi connectivity index (χ0v) is 12.0. The van der Waals surface area contributed by atoms with Gasteiger partial charge in [0.25, 0.3) is 0 Å². The van der Waals surface area contributed by atoms with Crippen molar-refractivity contribution in [3.05, 3.63) is 4.91 Å². The summed E-state index contributed by atoms with van der Waals surface area (Å²) in [4.78, 5) is 32.6. The van der Waals surface area contributed by atoms with Crippen molar-refractivity contribution >= 4 is 23.8 Å². The number of nitrogens with one attached hydrogen (secondary N) is 1. The Bertz CT molecular complexity index is 304. The highest BCUT2D eigenvalue weighted by atomic mass is 32.2. The highest BCUT2D eigenvalue weighted by Gasteiger charge is 2.22. The number of nitrogens with zero attached hydrogens (tertiary/aromatic N) is 2. The summed E-state index contributed by atoms with van der Waals surface area (Å²) < 4.78 is 8.31. The van der Waals surface area contributed by atoms with E-state index in [0.717, 1.165) is 0 Å². The Morgan fingerprint density at radius 3 is 2.44 bits per heavy atom. The maximum Gasteiger partial charge on any atom is 0.329 e. The van der Waals surface area contributed by atoms with Crippen molar-refractivity contribution < 1.29 is 18.8 Å². The zero-order chi connectivity index (χ0) is 14.2. The molecule has 0 spiro atoms. The topological polar surface area (TPSA) is 84.8 Å². The van der Waals surface area contributed by atoms with Gasteiger partial charge in [0.2, 0.25) is 5.91 Å². The fraction of sp³-hybridized carbons (Fsp3) is 0.800. The SMILES string of the molecule is CC(=O)N[C@@H](CSN=O)C(=O)OCC[N+](C)(C)C. The number of carbonyl (C=O) groups is 2. The normalized spacial score (nSPS) is 12.7. The largest absolute Gasteiger partial charge is 0.458 e. The van der Waals surface area contributed by atoms with E-state index in [2.05, 4.69) is 9.90 Å². The third-order valence-corrected chi connectivity index (χ3v) is 2.55. The van der Waals surface area contributed by atoms with Crippen LogP contribution in [-0.2, 0) is 14.3 Å². The van der Waals surface area contributed by atoms with Crippen molar-refractivity contribution in [1.29, 1.82) is 0 Å². The third-order valence-electron chi connectivity index (χ3n) is 1.96. The molecule has 1 amide bonds. The monoisotopic (exact) mass is 278 g/mol. The molecule has 0 heterocycles. The lowest BCUT2D eigenvalue weighted by atomic mass is 10.3. The first kappa shape index (κ1) is 16.9. The number of amides is 1. The summed E-state index contributed by atoms with van der Waals surface area (Å²) in [5, 5.41) is 2.42. The van der Waals surface area contributed by atoms with E-state index >= 15 is 0 Å². The average molecular weight is 278 g/mol. The van der Waals surface area contributed by atoms with E-state index < -0.39 is 12.0 Å². The molecule has 0 bridgehead atoms. The second-order valence-electron chi connectivity index (χ2n) is 4.80. The summed E-state index contributed by atoms with van der Waals surface area (Å²) in [5.41, 5.74) is 0. The first-order chi connectivity index (χ1) is 8.26. The molecule has 1 atom stereocenters. The molecule has 8 heteroatoms. The molecule has 0 saturated carbocycles. The number of rotatable bonds is 8. The third kappa shape index (κ3) is 8.94. The molecule has 1 N–H and O–H groups in total. The summed E-state index contributed by atoms with van der Waals surface area (Å²) in [6.07, 6.45) is 0. The van der Waals surface area contributed by atoms with Crippen LogP contribution in [0.4, 0.5) is 0 Å². The first-order valence-corrected chi connectivity index (χ1v) is 6.39. The number of carbonyl (C=O) groups excluding carboxylic acids is 2. The van der Waals surface area contributed by atoms with Crippen LogP contribution in [0, 0.1) is 4.91 Å². The van der Waals surface area contributed by atoms with Gasteiger partial charge in [-0.15, -0.1) is 4.91 Å². The zero-order valence-electron chi connectivity index (χ0n) is 11.1. The number of nitroso groups, excluding NO2 is 1. The summed E-state index contributed by atoms with van der Waals surface area (Å²) in [5.74, 6) is -0.823. The number of quaternary nitrogens is 1. The maximum absolute atomic E-state index is 11.7. The quantitative estimate of drug-likeness (QED) is 0.296. The van der Waals surface area contributed by atoms with Gasteiger partial charge in [-0.05, 0) is 0 Å². The first-order valence-electron chi connectivity index (χ1n) is 5.45. The minimum absolute atomic E-state index is 0.0757. The lowest BCUT2D eigenvalue weighted by Gasteiger charge is -2.24. The molecule has 0 aliphatic carbocycles. The van der Waals surface area contributed by atoms with Crippen molar-refractivity contribution in [3.63, 3.8) is 0 Å². The van der Waals surface area contributed by atoms with Crippen molar-refractivity contribution in [2.75, 3.05) is 40.0 Å². The van der Waals surface area contributed by atoms with Gasteiger partial charge in [0.15, 0.2) is 0 Å². The Balaban J connectivity index is 4.19. The Morgan fingerprint density at radius 1 is 1.39 bits per heavy atom. The lowest BCUT2D eigenvalue weighted by Crippen LogP contribution is -2.44. The van der Waals surface area contributed by atoms with Gasteiger partial charge in [0, 0.05) is 29.2 Å². The van der Waals surface area contributed by atoms with Crippen LogP contribution < -0.4 is 5.32 Å². The number of ether oxygens (including phenoxy) is 1. The fourth-order valence-corrected chi connectivity index (χ4v) is 1.47. The van der Waals surface area contributed by atoms with Gasteiger partial charge in [-0.1, -0.05) is 0 Å². The second-order valence-corrected chi connectivity index (χ2v) is 5.55. The van der Waals surface area contributed by atoms with E-state index in [0.29, 0.717) is 23.0 Å². The van der Waals surface area contributed by atoms with E-state index in [1.165, 1.54) is 6.92 Å². The smallest absolute Gasteiger partial charge is 0.329 e. The Kier molecular flexibility index (Phi) is 7.53. The predicted octanol–water partition coefficient (Wildman–Crippen LogP) is 0.155. The van der Waals surface area contributed by atoms with Crippen molar-refractivity contribution in [1.82, 2.24) is 5.32 Å². The van der Waals surface area contributed by atoms with Crippen LogP contribution in [0.5, 0.6) is 0 Å². The molecule has 0 rings (SSSR count). The highest BCUT2D eigenvalue weighted by Crippen LogP contribution is 2.05. The minimum Gasteiger partial charge on any atom is -0.458 e. The van der Waals surface area contributed by atoms with E-state index in [1.807, 2.05) is 21.1 Å². The van der Waals surface area contributed by atoms with Crippen LogP contribution in [0.2, 0.25) is 0 Å². The molecule has 0 aliphatic heterocycles. The van der Waals surface area contributed by atoms with Crippen molar-refractivity contribution in [2.24, 2.45) is 4.58 Å². The van der Waals surface area contributed by atoms with Crippen LogP contribution in [0.3, 0.4) is 0 Å². The van der Waals surface area contributed by atoms with Gasteiger partial charge < -0.3 is 14.5 Å². The Hall–Kier alpha value is -1.15. The second kappa shape index (κ2) is 8.04. The molecule has 0 aliphatic rings. The molecule has 0 radical (unpaired) electrons. The van der Waals surface area contributed by atoms with Crippen LogP contribution in [0.25, 0.3) is 0 Å². The average Bonchev–Trinajstić information content (AvgIpc) is 2.21. The lowest BCUT2D eigenvalue weighted by molar-refractivity contribution is -0.870. The van der Waals surface area contributed by atoms with Crippen LogP contribution in [-0.4, -0.2) is 62.4 Å². The molecule has 104 valence electrons. The van der Waals surface area contributed by atoms with Crippen molar-refractivity contribution in [3.8, 4) is 0 Å². The van der Waals surface area contributed by atoms with Gasteiger partial charge in [-0.25, -0.2) is 4.79 Å². The Morgan fingerprint density at radius 2 is 2.00 bits per heavy atom. The molecule has 0 aromatic rings. The highest BCUT2D eigenvalue weighted by molar-refractivity contribution is 7.97. The van der Waals surface area contributed by atoms with Gasteiger partial charge in [0.05, 0.1) is 21.1 Å². The summed E-state index contributed by atoms with van der Waals surface area (Å²) in [7, 11) is 5.93. The summed E-state index contributed by atoms with van der Waals surface area (Å²) in [6, 6.07) is -0.835. The molecule has 0 aromatic heterocycles. The molecule has 0 unspecified atom stereocenters. The Labute approximate surface area is 111 Å². The molecule has 18 heavy (non-hydrogen) atoms. The van der Waals surface area contributed by atoms with E-state index in [-0.39, 0.29) is 18.3 Å². The molecule has 0 aromatic carbocycles. The number of hydrogen-bond donors (Lipinski definition) is 1. The standard InChI is InChI=1S/C10H19N3O4S/c1-8(14)11-9(7-18-12-16)10(15)17-6-5-13(2,3)4/h9H,5-7H2,1-4H3/p+1/t9-/m0/s1. The van der Waals surface area contributed by atoms with Gasteiger partial charge in [-0.2, -0.15) is 0 Å². The molecule has 7 nitrogen and oxygen atoms in total. The molecule has 0 fully saturated rings. The molecule has 0 saturated heterocycles. The summed E-state index contributed by atoms with van der Waals surface area (Å²) in [6.45, 7) is 2.22. The van der Waals surface area contributed by atoms with Gasteiger partial charge >= 0.3 is 5.97 Å². The van der Waals surface area contributed by atoms with E-state index in [4.69, 9.17) is 4.74 Å². The van der Waals surface area contributed by atoms with Crippen molar-refractivity contribution in [2.45, 2.75) is 13.0 Å². The minimum atomic E-state index is -0.835. The number of esters is 1. The molecular weight excluding hydrogens is 258 g/mol. The predicted molar refractivity (Wildman–Crippen MR) is 69.7 cm³/mol. The van der Waals surface area contributed by atoms with Gasteiger partial charge in [-0.3, -0.25) is 4.79 Å². The van der Waals surface area contributed by atoms with Crippen LogP contribution in [0.1, 0.15) is 6.92 Å². The van der Waals surface area contributed by atoms with Crippen LogP contribution in [0.15, 0.2) is 4.58 Å². The summed E-state index contributed by atoms with van der Waals surface area (Å²) >= 11 is 0.676. The number of hydrogen-bond acceptors (Lipinski definition) is 6. The van der Waals surface area contributed by atoms with Crippen LogP contribution >= 0.6 is 11.9 Å². The maximum atomic E-state index is 11.7. The molecular formula is C10H20N3O4S+. The fourth-order valence-electron chi connectivity index (χ4n) is 1.04. The van der Waals surface area contributed by atoms with E-state index in [9.17, 15) is 14.5 Å².